The first kappa shape index (κ1) is 15.2. The van der Waals surface area contributed by atoms with Gasteiger partial charge < -0.3 is 10.9 Å². The average molecular weight is 227 g/mol. The van der Waals surface area contributed by atoms with Gasteiger partial charge in [0.1, 0.15) is 0 Å². The molecule has 14 heavy (non-hydrogen) atoms. The standard InChI is InChI=1S/C4F6O3.H3N/c5-3(6,7)1(11)13-2(12)4(8,9)10;/h;1H3. The van der Waals surface area contributed by atoms with Crippen molar-refractivity contribution in [2.75, 3.05) is 0 Å². The third kappa shape index (κ3) is 4.64. The number of hydrogen-bond acceptors (Lipinski definition) is 4. The molecule has 0 aromatic heterocycles. The van der Waals surface area contributed by atoms with Crippen LogP contribution in [0.1, 0.15) is 0 Å². The molecule has 0 aliphatic carbocycles. The van der Waals surface area contributed by atoms with Crippen molar-refractivity contribution in [3.63, 3.8) is 0 Å². The van der Waals surface area contributed by atoms with Crippen LogP contribution < -0.4 is 6.15 Å². The van der Waals surface area contributed by atoms with Crippen molar-refractivity contribution in [3.8, 4) is 0 Å². The Morgan fingerprint density at radius 2 is 1.00 bits per heavy atom. The number of hydrogen-bond donors (Lipinski definition) is 1. The molecule has 0 heterocycles. The highest BCUT2D eigenvalue weighted by molar-refractivity contribution is 5.90. The zero-order valence-electron chi connectivity index (χ0n) is 6.20. The second-order valence-electron chi connectivity index (χ2n) is 1.67. The molecule has 0 atom stereocenters. The quantitative estimate of drug-likeness (QED) is 0.384. The number of esters is 2. The van der Waals surface area contributed by atoms with Gasteiger partial charge in [0, 0.05) is 0 Å². The largest absolute Gasteiger partial charge is 0.491 e. The van der Waals surface area contributed by atoms with Gasteiger partial charge in [-0.3, -0.25) is 0 Å². The topological polar surface area (TPSA) is 78.4 Å². The van der Waals surface area contributed by atoms with Crippen LogP contribution in [0.4, 0.5) is 26.3 Å². The molecule has 0 saturated carbocycles. The predicted molar refractivity (Wildman–Crippen MR) is 28.2 cm³/mol. The maximum Gasteiger partial charge on any atom is 0.491 e. The first-order valence-corrected chi connectivity index (χ1v) is 2.45. The molecule has 0 spiro atoms. The predicted octanol–water partition coefficient (Wildman–Crippen LogP) is 1.34. The monoisotopic (exact) mass is 227 g/mol. The first-order valence-electron chi connectivity index (χ1n) is 2.45. The van der Waals surface area contributed by atoms with Crippen molar-refractivity contribution in [1.82, 2.24) is 6.15 Å². The molecule has 10 heteroatoms. The van der Waals surface area contributed by atoms with Gasteiger partial charge in [0.25, 0.3) is 0 Å². The van der Waals surface area contributed by atoms with E-state index in [4.69, 9.17) is 0 Å². The minimum Gasteiger partial charge on any atom is -0.380 e. The molecule has 0 bridgehead atoms. The normalized spacial score (nSPS) is 11.6. The Balaban J connectivity index is 0. The third-order valence-corrected chi connectivity index (χ3v) is 0.648. The number of alkyl halides is 6. The molecule has 84 valence electrons. The second kappa shape index (κ2) is 4.26. The Labute approximate surface area is 72.4 Å². The van der Waals surface area contributed by atoms with E-state index in [1.165, 1.54) is 0 Å². The van der Waals surface area contributed by atoms with Crippen molar-refractivity contribution >= 4 is 11.9 Å². The van der Waals surface area contributed by atoms with E-state index in [0.717, 1.165) is 0 Å². The van der Waals surface area contributed by atoms with Crippen LogP contribution in [0.15, 0.2) is 0 Å². The first-order chi connectivity index (χ1) is 5.55. The van der Waals surface area contributed by atoms with E-state index >= 15 is 0 Å². The van der Waals surface area contributed by atoms with Gasteiger partial charge in [-0.1, -0.05) is 0 Å². The van der Waals surface area contributed by atoms with Crippen LogP contribution in [0, 0.1) is 0 Å². The maximum absolute atomic E-state index is 11.2. The van der Waals surface area contributed by atoms with Crippen LogP contribution in [0.3, 0.4) is 0 Å². The lowest BCUT2D eigenvalue weighted by atomic mass is 10.6. The van der Waals surface area contributed by atoms with Gasteiger partial charge in [0.15, 0.2) is 0 Å². The molecule has 0 amide bonds. The molecule has 0 aliphatic heterocycles. The van der Waals surface area contributed by atoms with Crippen LogP contribution in [-0.2, 0) is 14.3 Å². The van der Waals surface area contributed by atoms with Gasteiger partial charge in [-0.25, -0.2) is 9.59 Å². The Morgan fingerprint density at radius 1 is 0.786 bits per heavy atom. The van der Waals surface area contributed by atoms with Crippen LogP contribution in [0.5, 0.6) is 0 Å². The summed E-state index contributed by atoms with van der Waals surface area (Å²) in [4.78, 5) is 19.3. The van der Waals surface area contributed by atoms with Gasteiger partial charge in [-0.2, -0.15) is 26.3 Å². The zero-order chi connectivity index (χ0) is 10.9. The highest BCUT2D eigenvalue weighted by atomic mass is 19.4. The summed E-state index contributed by atoms with van der Waals surface area (Å²) in [6.45, 7) is 0. The second-order valence-corrected chi connectivity index (χ2v) is 1.67. The fourth-order valence-electron chi connectivity index (χ4n) is 0.200. The summed E-state index contributed by atoms with van der Waals surface area (Å²) < 4.78 is 69.7. The molecular formula is C4H3F6NO3. The Bertz CT molecular complexity index is 206. The summed E-state index contributed by atoms with van der Waals surface area (Å²) >= 11 is 0. The molecule has 0 aromatic rings. The zero-order valence-corrected chi connectivity index (χ0v) is 6.20. The van der Waals surface area contributed by atoms with E-state index in [1.54, 1.807) is 0 Å². The lowest BCUT2D eigenvalue weighted by molar-refractivity contribution is -0.221. The van der Waals surface area contributed by atoms with Crippen molar-refractivity contribution in [2.24, 2.45) is 0 Å². The van der Waals surface area contributed by atoms with Gasteiger partial charge in [-0.15, -0.1) is 0 Å². The highest BCUT2D eigenvalue weighted by Gasteiger charge is 2.49. The summed E-state index contributed by atoms with van der Waals surface area (Å²) in [5.41, 5.74) is 0. The molecular weight excluding hydrogens is 224 g/mol. The van der Waals surface area contributed by atoms with Crippen LogP contribution >= 0.6 is 0 Å². The smallest absolute Gasteiger partial charge is 0.380 e. The third-order valence-electron chi connectivity index (χ3n) is 0.648. The van der Waals surface area contributed by atoms with Gasteiger partial charge in [0.2, 0.25) is 0 Å². The van der Waals surface area contributed by atoms with Crippen LogP contribution in [-0.4, -0.2) is 24.3 Å². The molecule has 4 nitrogen and oxygen atoms in total. The molecule has 3 N–H and O–H groups in total. The van der Waals surface area contributed by atoms with E-state index in [2.05, 4.69) is 4.74 Å². The van der Waals surface area contributed by atoms with Crippen molar-refractivity contribution < 1.29 is 40.7 Å². The van der Waals surface area contributed by atoms with E-state index in [-0.39, 0.29) is 6.15 Å². The van der Waals surface area contributed by atoms with Crippen LogP contribution in [0.2, 0.25) is 0 Å². The van der Waals surface area contributed by atoms with Crippen molar-refractivity contribution in [3.05, 3.63) is 0 Å². The fourth-order valence-corrected chi connectivity index (χ4v) is 0.200. The molecule has 0 rings (SSSR count). The van der Waals surface area contributed by atoms with Crippen molar-refractivity contribution in [1.29, 1.82) is 0 Å². The van der Waals surface area contributed by atoms with E-state index in [1.807, 2.05) is 0 Å². The molecule has 0 aliphatic rings. The minimum absolute atomic E-state index is 0. The number of rotatable bonds is 0. The highest BCUT2D eigenvalue weighted by Crippen LogP contribution is 2.21. The Hall–Kier alpha value is -1.32. The maximum atomic E-state index is 11.2. The molecule has 0 radical (unpaired) electrons. The van der Waals surface area contributed by atoms with Gasteiger partial charge in [-0.05, 0) is 0 Å². The fraction of sp³-hybridized carbons (Fsp3) is 0.500. The molecule has 0 saturated heterocycles. The lowest BCUT2D eigenvalue weighted by Gasteiger charge is -2.06. The Morgan fingerprint density at radius 3 is 1.14 bits per heavy atom. The minimum atomic E-state index is -5.62. The number of ether oxygens (including phenoxy) is 1. The van der Waals surface area contributed by atoms with Gasteiger partial charge >= 0.3 is 24.3 Å². The lowest BCUT2D eigenvalue weighted by Crippen LogP contribution is -2.34. The summed E-state index contributed by atoms with van der Waals surface area (Å²) in [6, 6.07) is 0. The summed E-state index contributed by atoms with van der Waals surface area (Å²) in [5, 5.41) is 0. The number of halogens is 6. The molecule has 0 fully saturated rings. The van der Waals surface area contributed by atoms with E-state index < -0.39 is 24.3 Å². The summed E-state index contributed by atoms with van der Waals surface area (Å²) in [6.07, 6.45) is -11.2. The summed E-state index contributed by atoms with van der Waals surface area (Å²) in [7, 11) is 0. The van der Waals surface area contributed by atoms with E-state index in [9.17, 15) is 35.9 Å². The van der Waals surface area contributed by atoms with Crippen molar-refractivity contribution in [2.45, 2.75) is 12.4 Å². The number of carbonyl (C=O) groups excluding carboxylic acids is 2. The SMILES string of the molecule is N.O=C(OC(=O)C(F)(F)F)C(F)(F)F. The Kier molecular flexibility index (Phi) is 4.62. The molecule has 0 unspecified atom stereocenters. The van der Waals surface area contributed by atoms with Crippen LogP contribution in [0.25, 0.3) is 0 Å². The average Bonchev–Trinajstić information content (AvgIpc) is 1.82. The number of carbonyl (C=O) groups is 2. The van der Waals surface area contributed by atoms with E-state index in [0.29, 0.717) is 0 Å². The molecule has 0 aromatic carbocycles. The summed E-state index contributed by atoms with van der Waals surface area (Å²) in [5.74, 6) is -6.40. The van der Waals surface area contributed by atoms with Gasteiger partial charge in [0.05, 0.1) is 0 Å².